The number of piperazine rings is 1. The van der Waals surface area contributed by atoms with Gasteiger partial charge in [0, 0.05) is 80.4 Å². The number of amides is 1. The van der Waals surface area contributed by atoms with Crippen LogP contribution in [0.1, 0.15) is 61.9 Å². The van der Waals surface area contributed by atoms with Gasteiger partial charge in [0.2, 0.25) is 0 Å². The number of nitro groups is 1. The first-order valence-electron chi connectivity index (χ1n) is 20.8. The Hall–Kier alpha value is -5.52. The molecule has 62 heavy (non-hydrogen) atoms. The minimum absolute atomic E-state index is 0.0573. The first-order valence-corrected chi connectivity index (χ1v) is 22.7. The van der Waals surface area contributed by atoms with Crippen molar-refractivity contribution in [2.45, 2.75) is 50.8 Å². The van der Waals surface area contributed by atoms with Gasteiger partial charge in [0.1, 0.15) is 22.8 Å². The molecular weight excluding hydrogens is 834 g/mol. The van der Waals surface area contributed by atoms with Gasteiger partial charge in [-0.2, -0.15) is 5.06 Å². The van der Waals surface area contributed by atoms with Crippen molar-refractivity contribution < 1.29 is 32.4 Å². The van der Waals surface area contributed by atoms with Crippen LogP contribution in [-0.2, 0) is 19.6 Å². The largest absolute Gasteiger partial charge is 0.455 e. The number of fused-ring (bicyclic) bond motifs is 1. The lowest BCUT2D eigenvalue weighted by Gasteiger charge is -2.37. The fourth-order valence-electron chi connectivity index (χ4n) is 8.20. The van der Waals surface area contributed by atoms with E-state index in [-0.39, 0.29) is 28.3 Å². The number of aromatic amines is 1. The van der Waals surface area contributed by atoms with Crippen LogP contribution in [0.5, 0.6) is 11.5 Å². The first kappa shape index (κ1) is 43.1. The molecule has 0 spiro atoms. The summed E-state index contributed by atoms with van der Waals surface area (Å²) < 4.78 is 41.1. The molecular formula is C45H50ClN7O8S. The van der Waals surface area contributed by atoms with Crippen LogP contribution in [-0.4, -0.2) is 86.8 Å². The van der Waals surface area contributed by atoms with Crippen molar-refractivity contribution in [2.75, 3.05) is 62.8 Å². The summed E-state index contributed by atoms with van der Waals surface area (Å²) in [6.45, 7) is 9.31. The monoisotopic (exact) mass is 883 g/mol. The number of anilines is 2. The molecule has 0 bridgehead atoms. The molecule has 4 heterocycles. The average molecular weight is 884 g/mol. The van der Waals surface area contributed by atoms with Crippen LogP contribution < -0.4 is 19.7 Å². The Balaban J connectivity index is 0.977. The number of ether oxygens (including phenoxy) is 2. The average Bonchev–Trinajstić information content (AvgIpc) is 3.74. The lowest BCUT2D eigenvalue weighted by atomic mass is 9.73. The van der Waals surface area contributed by atoms with E-state index in [4.69, 9.17) is 25.9 Å². The minimum atomic E-state index is -4.56. The van der Waals surface area contributed by atoms with Gasteiger partial charge in [-0.3, -0.25) is 19.7 Å². The number of hydrogen-bond acceptors (Lipinski definition) is 12. The molecule has 15 nitrogen and oxygen atoms in total. The van der Waals surface area contributed by atoms with Crippen molar-refractivity contribution in [2.24, 2.45) is 11.3 Å². The summed E-state index contributed by atoms with van der Waals surface area (Å²) in [6.07, 6.45) is 7.91. The molecule has 0 saturated carbocycles. The number of hydroxylamine groups is 2. The fraction of sp³-hybridized carbons (Fsp3) is 0.378. The van der Waals surface area contributed by atoms with E-state index >= 15 is 0 Å². The Morgan fingerprint density at radius 2 is 1.81 bits per heavy atom. The number of aromatic nitrogens is 2. The molecule has 2 aliphatic heterocycles. The molecule has 1 amide bonds. The molecule has 3 aromatic carbocycles. The zero-order valence-electron chi connectivity index (χ0n) is 34.7. The van der Waals surface area contributed by atoms with E-state index in [0.717, 1.165) is 49.2 Å². The Morgan fingerprint density at radius 3 is 2.56 bits per heavy atom. The van der Waals surface area contributed by atoms with E-state index in [1.807, 2.05) is 23.3 Å². The second-order valence-corrected chi connectivity index (χ2v) is 18.9. The Kier molecular flexibility index (Phi) is 12.8. The minimum Gasteiger partial charge on any atom is -0.455 e. The quantitative estimate of drug-likeness (QED) is 0.0715. The van der Waals surface area contributed by atoms with Crippen LogP contribution in [0, 0.1) is 21.4 Å². The molecule has 0 radical (unpaired) electrons. The van der Waals surface area contributed by atoms with Crippen LogP contribution in [0.3, 0.4) is 0 Å². The van der Waals surface area contributed by atoms with E-state index in [9.17, 15) is 23.3 Å². The maximum Gasteiger partial charge on any atom is 0.293 e. The number of halogens is 1. The number of sulfonamides is 1. The smallest absolute Gasteiger partial charge is 0.293 e. The van der Waals surface area contributed by atoms with E-state index in [1.54, 1.807) is 24.4 Å². The highest BCUT2D eigenvalue weighted by molar-refractivity contribution is 7.90. The van der Waals surface area contributed by atoms with E-state index in [1.165, 1.54) is 41.1 Å². The number of hydrogen-bond donors (Lipinski definition) is 3. The van der Waals surface area contributed by atoms with Gasteiger partial charge in [0.05, 0.1) is 28.2 Å². The number of carbonyl (C=O) groups is 1. The zero-order valence-corrected chi connectivity index (χ0v) is 36.3. The molecule has 1 aliphatic carbocycles. The maximum atomic E-state index is 13.9. The summed E-state index contributed by atoms with van der Waals surface area (Å²) in [5, 5.41) is 18.6. The lowest BCUT2D eigenvalue weighted by molar-refractivity contribution is -0.384. The van der Waals surface area contributed by atoms with Gasteiger partial charge in [0.25, 0.3) is 21.6 Å². The third-order valence-electron chi connectivity index (χ3n) is 11.8. The van der Waals surface area contributed by atoms with Crippen LogP contribution in [0.4, 0.5) is 17.1 Å². The highest BCUT2D eigenvalue weighted by atomic mass is 35.5. The third kappa shape index (κ3) is 10.2. The number of rotatable bonds is 14. The van der Waals surface area contributed by atoms with E-state index in [0.29, 0.717) is 69.0 Å². The summed E-state index contributed by atoms with van der Waals surface area (Å²) >= 11 is 6.21. The molecule has 17 heteroatoms. The van der Waals surface area contributed by atoms with Crippen molar-refractivity contribution >= 4 is 61.2 Å². The maximum absolute atomic E-state index is 13.9. The molecule has 2 aromatic heterocycles. The van der Waals surface area contributed by atoms with Crippen LogP contribution in [0.2, 0.25) is 5.02 Å². The van der Waals surface area contributed by atoms with Crippen molar-refractivity contribution in [3.8, 4) is 11.5 Å². The standard InChI is InChI=1S/C45H50ClN7O8S/c1-45(2)15-11-33(39(26-45)31-3-5-34(46)6-4-31)29-60-52-19-17-51(18-20-52)35-7-9-38(42(24-35)61-36-23-32-12-16-47-43(32)49-28-36)44(54)50-62(57,58)37-8-10-40(41(25-37)53(55)56)48-27-30-13-21-59-22-14-30/h3-10,12,16,23-25,28,30,48H,11,13-15,17-22,26-27,29H2,1-2H3,(H,47,49)(H,50,54). The molecule has 0 atom stereocenters. The van der Waals surface area contributed by atoms with Crippen LogP contribution >= 0.6 is 11.6 Å². The highest BCUT2D eigenvalue weighted by Gasteiger charge is 2.30. The van der Waals surface area contributed by atoms with Crippen molar-refractivity contribution in [1.82, 2.24) is 19.8 Å². The molecule has 326 valence electrons. The Bertz CT molecular complexity index is 2580. The number of carbonyl (C=O) groups excluding carboxylic acids is 1. The SMILES string of the molecule is CC1(C)CCC(CON2CCN(c3ccc(C(=O)NS(=O)(=O)c4ccc(NCC5CCOCC5)c([N+](=O)[O-])c4)c(Oc4cnc5[nH]ccc5c4)c3)CC2)=C(c2ccc(Cl)cc2)C1. The second kappa shape index (κ2) is 18.4. The third-order valence-corrected chi connectivity index (χ3v) is 13.4. The predicted octanol–water partition coefficient (Wildman–Crippen LogP) is 8.59. The fourth-order valence-corrected chi connectivity index (χ4v) is 9.31. The van der Waals surface area contributed by atoms with Gasteiger partial charge < -0.3 is 24.7 Å². The van der Waals surface area contributed by atoms with Gasteiger partial charge in [-0.15, -0.1) is 0 Å². The number of nitrogens with one attached hydrogen (secondary N) is 3. The number of benzene rings is 3. The normalized spacial score (nSPS) is 17.6. The van der Waals surface area contributed by atoms with E-state index < -0.39 is 31.4 Å². The van der Waals surface area contributed by atoms with Gasteiger partial charge in [0.15, 0.2) is 0 Å². The molecule has 2 fully saturated rings. The van der Waals surface area contributed by atoms with Gasteiger partial charge in [-0.05, 0) is 109 Å². The van der Waals surface area contributed by atoms with E-state index in [2.05, 4.69) is 50.9 Å². The summed E-state index contributed by atoms with van der Waals surface area (Å²) in [5.74, 6) is -0.262. The molecule has 2 saturated heterocycles. The number of nitrogens with zero attached hydrogens (tertiary/aromatic N) is 4. The van der Waals surface area contributed by atoms with Crippen molar-refractivity contribution in [1.29, 1.82) is 0 Å². The summed E-state index contributed by atoms with van der Waals surface area (Å²) in [7, 11) is -4.56. The van der Waals surface area contributed by atoms with Crippen molar-refractivity contribution in [3.05, 3.63) is 117 Å². The first-order chi connectivity index (χ1) is 29.8. The van der Waals surface area contributed by atoms with Crippen LogP contribution in [0.25, 0.3) is 16.6 Å². The molecule has 8 rings (SSSR count). The summed E-state index contributed by atoms with van der Waals surface area (Å²) in [4.78, 5) is 40.9. The van der Waals surface area contributed by atoms with Crippen molar-refractivity contribution in [3.63, 3.8) is 0 Å². The molecule has 3 N–H and O–H groups in total. The molecule has 5 aromatic rings. The number of nitro benzene ring substituents is 1. The zero-order chi connectivity index (χ0) is 43.4. The Labute approximate surface area is 365 Å². The second-order valence-electron chi connectivity index (χ2n) is 16.8. The summed E-state index contributed by atoms with van der Waals surface area (Å²) in [6, 6.07) is 20.1. The van der Waals surface area contributed by atoms with Gasteiger partial charge >= 0.3 is 0 Å². The predicted molar refractivity (Wildman–Crippen MR) is 238 cm³/mol. The molecule has 3 aliphatic rings. The highest BCUT2D eigenvalue weighted by Crippen LogP contribution is 2.43. The number of H-pyrrole nitrogens is 1. The topological polar surface area (TPSA) is 181 Å². The molecule has 0 unspecified atom stereocenters. The van der Waals surface area contributed by atoms with Gasteiger partial charge in [-0.25, -0.2) is 18.1 Å². The summed E-state index contributed by atoms with van der Waals surface area (Å²) in [5.41, 5.74) is 5.11. The van der Waals surface area contributed by atoms with Gasteiger partial charge in [-0.1, -0.05) is 37.6 Å². The van der Waals surface area contributed by atoms with Crippen LogP contribution in [0.15, 0.2) is 95.7 Å². The number of pyridine rings is 1. The lowest BCUT2D eigenvalue weighted by Crippen LogP contribution is -2.46. The Morgan fingerprint density at radius 1 is 1.03 bits per heavy atom. The number of allylic oxidation sites excluding steroid dienone is 1.